The summed E-state index contributed by atoms with van der Waals surface area (Å²) in [6.07, 6.45) is 0.446. The number of rotatable bonds is 1. The predicted molar refractivity (Wildman–Crippen MR) is 80.5 cm³/mol. The van der Waals surface area contributed by atoms with Gasteiger partial charge in [0.05, 0.1) is 4.47 Å². The van der Waals surface area contributed by atoms with Crippen LogP contribution in [0.5, 0.6) is 5.75 Å². The smallest absolute Gasteiger partial charge is 0.137 e. The summed E-state index contributed by atoms with van der Waals surface area (Å²) in [5.41, 5.74) is 8.00. The van der Waals surface area contributed by atoms with Gasteiger partial charge in [0.1, 0.15) is 17.7 Å². The van der Waals surface area contributed by atoms with Gasteiger partial charge in [-0.2, -0.15) is 0 Å². The topological polar surface area (TPSA) is 35.2 Å². The number of nitrogens with two attached hydrogens (primary N) is 1. The molecular formula is C15H12BrClFNO. The SMILES string of the molecule is N[C@H]1CC(c2ccc(F)c(Br)c2)Oc2ccc(Cl)cc21. The fourth-order valence-corrected chi connectivity index (χ4v) is 2.97. The molecule has 0 aromatic heterocycles. The van der Waals surface area contributed by atoms with Gasteiger partial charge in [-0.05, 0) is 51.8 Å². The van der Waals surface area contributed by atoms with Crippen LogP contribution in [-0.4, -0.2) is 0 Å². The molecule has 0 fully saturated rings. The first kappa shape index (κ1) is 13.9. The number of fused-ring (bicyclic) bond motifs is 1. The first-order chi connectivity index (χ1) is 9.54. The minimum atomic E-state index is -0.291. The van der Waals surface area contributed by atoms with Crippen LogP contribution < -0.4 is 10.5 Å². The quantitative estimate of drug-likeness (QED) is 0.799. The van der Waals surface area contributed by atoms with Crippen LogP contribution in [0.4, 0.5) is 4.39 Å². The van der Waals surface area contributed by atoms with Crippen molar-refractivity contribution in [3.8, 4) is 5.75 Å². The number of hydrogen-bond donors (Lipinski definition) is 1. The van der Waals surface area contributed by atoms with E-state index in [0.29, 0.717) is 15.9 Å². The molecule has 2 aromatic rings. The van der Waals surface area contributed by atoms with E-state index in [2.05, 4.69) is 15.9 Å². The lowest BCUT2D eigenvalue weighted by atomic mass is 9.93. The van der Waals surface area contributed by atoms with Crippen molar-refractivity contribution in [1.82, 2.24) is 0 Å². The van der Waals surface area contributed by atoms with Crippen LogP contribution in [0.25, 0.3) is 0 Å². The zero-order chi connectivity index (χ0) is 14.3. The number of ether oxygens (including phenoxy) is 1. The monoisotopic (exact) mass is 355 g/mol. The van der Waals surface area contributed by atoms with Crippen molar-refractivity contribution in [2.45, 2.75) is 18.6 Å². The van der Waals surface area contributed by atoms with Gasteiger partial charge in [-0.25, -0.2) is 4.39 Å². The van der Waals surface area contributed by atoms with E-state index in [1.807, 2.05) is 12.1 Å². The zero-order valence-electron chi connectivity index (χ0n) is 10.4. The molecule has 0 saturated carbocycles. The maximum absolute atomic E-state index is 13.3. The Morgan fingerprint density at radius 2 is 2.05 bits per heavy atom. The molecule has 0 spiro atoms. The summed E-state index contributed by atoms with van der Waals surface area (Å²) in [5, 5.41) is 0.644. The summed E-state index contributed by atoms with van der Waals surface area (Å²) in [5.74, 6) is 0.444. The molecule has 1 aliphatic rings. The largest absolute Gasteiger partial charge is 0.485 e. The lowest BCUT2D eigenvalue weighted by molar-refractivity contribution is 0.161. The van der Waals surface area contributed by atoms with Crippen LogP contribution in [0.15, 0.2) is 40.9 Å². The Bertz CT molecular complexity index is 664. The summed E-state index contributed by atoms with van der Waals surface area (Å²) in [7, 11) is 0. The summed E-state index contributed by atoms with van der Waals surface area (Å²) in [6, 6.07) is 10.2. The standard InChI is InChI=1S/C15H12BrClFNO/c16-11-5-8(1-3-12(11)18)15-7-13(19)10-6-9(17)2-4-14(10)20-15/h1-6,13,15H,7,19H2/t13-,15?/m0/s1. The van der Waals surface area contributed by atoms with Crippen molar-refractivity contribution >= 4 is 27.5 Å². The molecule has 104 valence electrons. The fourth-order valence-electron chi connectivity index (χ4n) is 2.39. The molecule has 0 amide bonds. The third kappa shape index (κ3) is 2.55. The van der Waals surface area contributed by atoms with Gasteiger partial charge in [-0.15, -0.1) is 0 Å². The third-order valence-electron chi connectivity index (χ3n) is 3.42. The van der Waals surface area contributed by atoms with Gasteiger partial charge < -0.3 is 10.5 Å². The molecule has 1 heterocycles. The average molecular weight is 357 g/mol. The van der Waals surface area contributed by atoms with Crippen molar-refractivity contribution in [3.05, 3.63) is 62.8 Å². The second kappa shape index (κ2) is 5.35. The summed E-state index contributed by atoms with van der Waals surface area (Å²) in [4.78, 5) is 0. The first-order valence-electron chi connectivity index (χ1n) is 6.21. The first-order valence-corrected chi connectivity index (χ1v) is 7.38. The van der Waals surface area contributed by atoms with Crippen LogP contribution in [0.1, 0.15) is 29.7 Å². The Hall–Kier alpha value is -1.10. The average Bonchev–Trinajstić information content (AvgIpc) is 2.42. The molecule has 5 heteroatoms. The van der Waals surface area contributed by atoms with Crippen LogP contribution in [0.2, 0.25) is 5.02 Å². The molecular weight excluding hydrogens is 345 g/mol. The fraction of sp³-hybridized carbons (Fsp3) is 0.200. The van der Waals surface area contributed by atoms with Crippen LogP contribution >= 0.6 is 27.5 Å². The summed E-state index contributed by atoms with van der Waals surface area (Å²) < 4.78 is 19.7. The zero-order valence-corrected chi connectivity index (χ0v) is 12.8. The normalized spacial score (nSPS) is 21.2. The summed E-state index contributed by atoms with van der Waals surface area (Å²) >= 11 is 9.16. The van der Waals surface area contributed by atoms with Gasteiger partial charge in [0.25, 0.3) is 0 Å². The Labute approximate surface area is 129 Å². The van der Waals surface area contributed by atoms with Crippen molar-refractivity contribution < 1.29 is 9.13 Å². The Morgan fingerprint density at radius 1 is 1.25 bits per heavy atom. The molecule has 0 bridgehead atoms. The molecule has 0 saturated heterocycles. The maximum Gasteiger partial charge on any atom is 0.137 e. The van der Waals surface area contributed by atoms with Gasteiger partial charge in [-0.1, -0.05) is 17.7 Å². The molecule has 2 nitrogen and oxygen atoms in total. The highest BCUT2D eigenvalue weighted by molar-refractivity contribution is 9.10. The number of benzene rings is 2. The molecule has 2 aromatic carbocycles. The van der Waals surface area contributed by atoms with E-state index in [1.54, 1.807) is 18.2 Å². The Kier molecular flexibility index (Phi) is 3.71. The Balaban J connectivity index is 1.94. The minimum absolute atomic E-state index is 0.147. The van der Waals surface area contributed by atoms with E-state index in [4.69, 9.17) is 22.1 Å². The molecule has 2 atom stereocenters. The van der Waals surface area contributed by atoms with E-state index >= 15 is 0 Å². The molecule has 20 heavy (non-hydrogen) atoms. The number of halogens is 3. The molecule has 1 aliphatic heterocycles. The van der Waals surface area contributed by atoms with Gasteiger partial charge in [0.2, 0.25) is 0 Å². The van der Waals surface area contributed by atoms with Crippen LogP contribution in [0, 0.1) is 5.82 Å². The van der Waals surface area contributed by atoms with E-state index in [-0.39, 0.29) is 18.0 Å². The van der Waals surface area contributed by atoms with E-state index < -0.39 is 0 Å². The maximum atomic E-state index is 13.3. The van der Waals surface area contributed by atoms with E-state index in [9.17, 15) is 4.39 Å². The van der Waals surface area contributed by atoms with Crippen LogP contribution in [0.3, 0.4) is 0 Å². The molecule has 1 unspecified atom stereocenters. The van der Waals surface area contributed by atoms with Crippen molar-refractivity contribution in [2.75, 3.05) is 0 Å². The molecule has 3 rings (SSSR count). The summed E-state index contributed by atoms with van der Waals surface area (Å²) in [6.45, 7) is 0. The predicted octanol–water partition coefficient (Wildman–Crippen LogP) is 4.77. The van der Waals surface area contributed by atoms with Crippen LogP contribution in [-0.2, 0) is 0 Å². The second-order valence-corrected chi connectivity index (χ2v) is 6.10. The molecule has 0 radical (unpaired) electrons. The lowest BCUT2D eigenvalue weighted by Crippen LogP contribution is -2.24. The van der Waals surface area contributed by atoms with Gasteiger partial charge >= 0.3 is 0 Å². The van der Waals surface area contributed by atoms with Gasteiger partial charge in [0, 0.05) is 23.0 Å². The highest BCUT2D eigenvalue weighted by Crippen LogP contribution is 2.41. The van der Waals surface area contributed by atoms with E-state index in [1.165, 1.54) is 6.07 Å². The minimum Gasteiger partial charge on any atom is -0.485 e. The Morgan fingerprint density at radius 3 is 2.80 bits per heavy atom. The third-order valence-corrected chi connectivity index (χ3v) is 4.27. The van der Waals surface area contributed by atoms with Crippen molar-refractivity contribution in [2.24, 2.45) is 5.73 Å². The van der Waals surface area contributed by atoms with Gasteiger partial charge in [-0.3, -0.25) is 0 Å². The molecule has 2 N–H and O–H groups in total. The van der Waals surface area contributed by atoms with Gasteiger partial charge in [0.15, 0.2) is 0 Å². The van der Waals surface area contributed by atoms with Crippen molar-refractivity contribution in [1.29, 1.82) is 0 Å². The second-order valence-electron chi connectivity index (χ2n) is 4.80. The number of hydrogen-bond acceptors (Lipinski definition) is 2. The lowest BCUT2D eigenvalue weighted by Gasteiger charge is -2.30. The molecule has 0 aliphatic carbocycles. The highest BCUT2D eigenvalue weighted by atomic mass is 79.9. The highest BCUT2D eigenvalue weighted by Gasteiger charge is 2.27. The van der Waals surface area contributed by atoms with Crippen molar-refractivity contribution in [3.63, 3.8) is 0 Å². The van der Waals surface area contributed by atoms with E-state index in [0.717, 1.165) is 16.9 Å².